The maximum Gasteiger partial charge on any atom is 0.160 e. The van der Waals surface area contributed by atoms with E-state index in [2.05, 4.69) is 0 Å². The molecule has 0 radical (unpaired) electrons. The number of nitrogens with two attached hydrogens (primary N) is 1. The summed E-state index contributed by atoms with van der Waals surface area (Å²) in [5.74, 6) is 0. The van der Waals surface area contributed by atoms with Crippen molar-refractivity contribution in [3.8, 4) is 0 Å². The van der Waals surface area contributed by atoms with E-state index in [0.29, 0.717) is 13.0 Å². The van der Waals surface area contributed by atoms with E-state index >= 15 is 0 Å². The first-order valence-electron chi connectivity index (χ1n) is 6.59. The van der Waals surface area contributed by atoms with Gasteiger partial charge in [-0.3, -0.25) is 0 Å². The Balaban J connectivity index is 2.21. The van der Waals surface area contributed by atoms with Gasteiger partial charge < -0.3 is 10.5 Å². The van der Waals surface area contributed by atoms with Gasteiger partial charge in [0.15, 0.2) is 9.84 Å². The van der Waals surface area contributed by atoms with Crippen molar-refractivity contribution in [2.75, 3.05) is 6.61 Å². The van der Waals surface area contributed by atoms with Crippen LogP contribution in [0, 0.1) is 0 Å². The standard InChI is InChI=1S/C14H21NO3S/c1-10-13(8-9-18-10)19(16,17)11(2)14(15)12-6-4-3-5-7-12/h3-7,10-11,13-14H,8-9,15H2,1-2H3. The van der Waals surface area contributed by atoms with Gasteiger partial charge >= 0.3 is 0 Å². The lowest BCUT2D eigenvalue weighted by molar-refractivity contribution is 0.126. The maximum atomic E-state index is 12.6. The van der Waals surface area contributed by atoms with Crippen LogP contribution in [-0.2, 0) is 14.6 Å². The summed E-state index contributed by atoms with van der Waals surface area (Å²) in [6, 6.07) is 8.86. The van der Waals surface area contributed by atoms with E-state index in [-0.39, 0.29) is 6.10 Å². The number of hydrogen-bond donors (Lipinski definition) is 1. The topological polar surface area (TPSA) is 69.4 Å². The van der Waals surface area contributed by atoms with Gasteiger partial charge in [0.2, 0.25) is 0 Å². The number of ether oxygens (including phenoxy) is 1. The van der Waals surface area contributed by atoms with Gasteiger partial charge in [-0.2, -0.15) is 0 Å². The normalized spacial score (nSPS) is 27.1. The Hall–Kier alpha value is -0.910. The van der Waals surface area contributed by atoms with Crippen LogP contribution in [0.5, 0.6) is 0 Å². The molecule has 0 spiro atoms. The molecule has 1 aliphatic rings. The van der Waals surface area contributed by atoms with Gasteiger partial charge in [-0.1, -0.05) is 30.3 Å². The average Bonchev–Trinajstić information content (AvgIpc) is 2.85. The van der Waals surface area contributed by atoms with Crippen LogP contribution >= 0.6 is 0 Å². The molecule has 5 heteroatoms. The summed E-state index contributed by atoms with van der Waals surface area (Å²) >= 11 is 0. The van der Waals surface area contributed by atoms with Crippen LogP contribution in [0.1, 0.15) is 31.9 Å². The summed E-state index contributed by atoms with van der Waals surface area (Å²) < 4.78 is 30.6. The first kappa shape index (κ1) is 14.5. The van der Waals surface area contributed by atoms with Crippen molar-refractivity contribution in [3.05, 3.63) is 35.9 Å². The van der Waals surface area contributed by atoms with Crippen LogP contribution < -0.4 is 5.73 Å². The quantitative estimate of drug-likeness (QED) is 0.912. The lowest BCUT2D eigenvalue weighted by Gasteiger charge is -2.25. The molecule has 1 aliphatic heterocycles. The Bertz CT molecular complexity index is 515. The van der Waals surface area contributed by atoms with E-state index in [4.69, 9.17) is 10.5 Å². The van der Waals surface area contributed by atoms with Gasteiger partial charge in [0.05, 0.1) is 16.6 Å². The van der Waals surface area contributed by atoms with E-state index in [1.54, 1.807) is 6.92 Å². The summed E-state index contributed by atoms with van der Waals surface area (Å²) in [4.78, 5) is 0. The number of benzene rings is 1. The largest absolute Gasteiger partial charge is 0.377 e. The molecule has 2 N–H and O–H groups in total. The van der Waals surface area contributed by atoms with Crippen molar-refractivity contribution >= 4 is 9.84 Å². The highest BCUT2D eigenvalue weighted by Gasteiger charge is 2.41. The molecular formula is C14H21NO3S. The Kier molecular flexibility index (Phi) is 4.28. The van der Waals surface area contributed by atoms with Gasteiger partial charge in [0.25, 0.3) is 0 Å². The van der Waals surface area contributed by atoms with Crippen molar-refractivity contribution in [2.45, 2.75) is 42.9 Å². The molecule has 1 aromatic rings. The number of rotatable bonds is 4. The summed E-state index contributed by atoms with van der Waals surface area (Å²) in [5, 5.41) is -1.04. The molecule has 1 aromatic carbocycles. The zero-order chi connectivity index (χ0) is 14.0. The molecular weight excluding hydrogens is 262 g/mol. The number of sulfone groups is 1. The molecule has 1 saturated heterocycles. The predicted octanol–water partition coefficient (Wildman–Crippen LogP) is 1.67. The molecule has 4 nitrogen and oxygen atoms in total. The summed E-state index contributed by atoms with van der Waals surface area (Å²) in [5.41, 5.74) is 6.97. The minimum Gasteiger partial charge on any atom is -0.377 e. The van der Waals surface area contributed by atoms with Crippen LogP contribution in [0.4, 0.5) is 0 Å². The molecule has 0 bridgehead atoms. The van der Waals surface area contributed by atoms with E-state index in [1.165, 1.54) is 0 Å². The second kappa shape index (κ2) is 5.61. The van der Waals surface area contributed by atoms with E-state index in [0.717, 1.165) is 5.56 Å². The SMILES string of the molecule is CC1OCCC1S(=O)(=O)C(C)C(N)c1ccccc1. The summed E-state index contributed by atoms with van der Waals surface area (Å²) in [6.45, 7) is 4.02. The second-order valence-corrected chi connectivity index (χ2v) is 7.66. The minimum atomic E-state index is -3.29. The zero-order valence-electron chi connectivity index (χ0n) is 11.3. The van der Waals surface area contributed by atoms with Gasteiger partial charge in [-0.25, -0.2) is 8.42 Å². The van der Waals surface area contributed by atoms with E-state index < -0.39 is 26.4 Å². The molecule has 0 amide bonds. The van der Waals surface area contributed by atoms with Crippen LogP contribution in [0.2, 0.25) is 0 Å². The van der Waals surface area contributed by atoms with Gasteiger partial charge in [0, 0.05) is 12.6 Å². The van der Waals surface area contributed by atoms with Gasteiger partial charge in [0.1, 0.15) is 0 Å². The van der Waals surface area contributed by atoms with Gasteiger partial charge in [-0.05, 0) is 25.8 Å². The highest BCUT2D eigenvalue weighted by molar-refractivity contribution is 7.92. The Morgan fingerprint density at radius 1 is 1.32 bits per heavy atom. The van der Waals surface area contributed by atoms with Crippen molar-refractivity contribution in [1.29, 1.82) is 0 Å². The molecule has 4 unspecified atom stereocenters. The molecule has 0 saturated carbocycles. The third kappa shape index (κ3) is 2.83. The summed E-state index contributed by atoms with van der Waals surface area (Å²) in [7, 11) is -3.29. The van der Waals surface area contributed by atoms with Crippen LogP contribution in [0.15, 0.2) is 30.3 Å². The lowest BCUT2D eigenvalue weighted by atomic mass is 10.1. The average molecular weight is 283 g/mol. The first-order valence-corrected chi connectivity index (χ1v) is 8.20. The maximum absolute atomic E-state index is 12.6. The highest BCUT2D eigenvalue weighted by atomic mass is 32.2. The smallest absolute Gasteiger partial charge is 0.160 e. The molecule has 2 rings (SSSR count). The molecule has 4 atom stereocenters. The Morgan fingerprint density at radius 2 is 1.95 bits per heavy atom. The fourth-order valence-corrected chi connectivity index (χ4v) is 4.72. The third-order valence-corrected chi connectivity index (χ3v) is 6.73. The fraction of sp³-hybridized carbons (Fsp3) is 0.571. The molecule has 0 aromatic heterocycles. The molecule has 0 aliphatic carbocycles. The molecule has 106 valence electrons. The lowest BCUT2D eigenvalue weighted by Crippen LogP contribution is -2.40. The highest BCUT2D eigenvalue weighted by Crippen LogP contribution is 2.29. The first-order chi connectivity index (χ1) is 8.94. The number of hydrogen-bond acceptors (Lipinski definition) is 4. The third-order valence-electron chi connectivity index (χ3n) is 3.94. The molecule has 19 heavy (non-hydrogen) atoms. The monoisotopic (exact) mass is 283 g/mol. The van der Waals surface area contributed by atoms with Crippen LogP contribution in [-0.4, -0.2) is 31.6 Å². The zero-order valence-corrected chi connectivity index (χ0v) is 12.1. The minimum absolute atomic E-state index is 0.240. The Labute approximate surface area is 114 Å². The van der Waals surface area contributed by atoms with E-state index in [1.807, 2.05) is 37.3 Å². The van der Waals surface area contributed by atoms with Crippen LogP contribution in [0.3, 0.4) is 0 Å². The molecule has 1 fully saturated rings. The summed E-state index contributed by atoms with van der Waals surface area (Å²) in [6.07, 6.45) is 0.324. The van der Waals surface area contributed by atoms with Crippen molar-refractivity contribution in [2.24, 2.45) is 5.73 Å². The van der Waals surface area contributed by atoms with E-state index in [9.17, 15) is 8.42 Å². The Morgan fingerprint density at radius 3 is 2.47 bits per heavy atom. The van der Waals surface area contributed by atoms with Crippen LogP contribution in [0.25, 0.3) is 0 Å². The molecule has 1 heterocycles. The second-order valence-electron chi connectivity index (χ2n) is 5.13. The van der Waals surface area contributed by atoms with Crippen molar-refractivity contribution < 1.29 is 13.2 Å². The fourth-order valence-electron chi connectivity index (χ4n) is 2.57. The van der Waals surface area contributed by atoms with Gasteiger partial charge in [-0.15, -0.1) is 0 Å². The predicted molar refractivity (Wildman–Crippen MR) is 75.6 cm³/mol. The van der Waals surface area contributed by atoms with Crippen molar-refractivity contribution in [1.82, 2.24) is 0 Å². The van der Waals surface area contributed by atoms with Crippen molar-refractivity contribution in [3.63, 3.8) is 0 Å².